The topological polar surface area (TPSA) is 44.4 Å². The molecule has 1 fully saturated rings. The molecule has 0 aromatic heterocycles. The number of rotatable bonds is 3. The third-order valence-corrected chi connectivity index (χ3v) is 3.06. The fourth-order valence-corrected chi connectivity index (χ4v) is 2.24. The van der Waals surface area contributed by atoms with E-state index in [4.69, 9.17) is 0 Å². The summed E-state index contributed by atoms with van der Waals surface area (Å²) < 4.78 is 0. The molecule has 1 aromatic rings. The SMILES string of the molecule is CC(C)NC(=O)N[C@H]1CCN(c2ccccc2)C1. The first kappa shape index (κ1) is 12.7. The molecule has 1 aromatic carbocycles. The van der Waals surface area contributed by atoms with Crippen molar-refractivity contribution < 1.29 is 4.79 Å². The Hall–Kier alpha value is -1.71. The highest BCUT2D eigenvalue weighted by Crippen LogP contribution is 2.19. The molecule has 98 valence electrons. The van der Waals surface area contributed by atoms with Gasteiger partial charge in [-0.15, -0.1) is 0 Å². The Balaban J connectivity index is 1.84. The summed E-state index contributed by atoms with van der Waals surface area (Å²) in [7, 11) is 0. The molecular weight excluding hydrogens is 226 g/mol. The van der Waals surface area contributed by atoms with Gasteiger partial charge >= 0.3 is 6.03 Å². The number of nitrogens with one attached hydrogen (secondary N) is 2. The highest BCUT2D eigenvalue weighted by atomic mass is 16.2. The van der Waals surface area contributed by atoms with E-state index >= 15 is 0 Å². The first-order valence-corrected chi connectivity index (χ1v) is 6.52. The third kappa shape index (κ3) is 3.39. The number of hydrogen-bond donors (Lipinski definition) is 2. The van der Waals surface area contributed by atoms with Crippen LogP contribution in [0.1, 0.15) is 20.3 Å². The van der Waals surface area contributed by atoms with Crippen molar-refractivity contribution in [2.45, 2.75) is 32.4 Å². The van der Waals surface area contributed by atoms with Crippen molar-refractivity contribution >= 4 is 11.7 Å². The number of benzene rings is 1. The summed E-state index contributed by atoms with van der Waals surface area (Å²) in [6.07, 6.45) is 1.00. The van der Waals surface area contributed by atoms with Gasteiger partial charge in [-0.1, -0.05) is 18.2 Å². The Morgan fingerprint density at radius 3 is 2.72 bits per heavy atom. The fraction of sp³-hybridized carbons (Fsp3) is 0.500. The van der Waals surface area contributed by atoms with Gasteiger partial charge < -0.3 is 15.5 Å². The van der Waals surface area contributed by atoms with Crippen molar-refractivity contribution in [3.8, 4) is 0 Å². The standard InChI is InChI=1S/C14H21N3O/c1-11(2)15-14(18)16-12-8-9-17(10-12)13-6-4-3-5-7-13/h3-7,11-12H,8-10H2,1-2H3,(H2,15,16,18)/t12-/m0/s1. The van der Waals surface area contributed by atoms with E-state index in [2.05, 4.69) is 27.7 Å². The highest BCUT2D eigenvalue weighted by Gasteiger charge is 2.23. The molecule has 18 heavy (non-hydrogen) atoms. The summed E-state index contributed by atoms with van der Waals surface area (Å²) >= 11 is 0. The van der Waals surface area contributed by atoms with Crippen molar-refractivity contribution in [3.63, 3.8) is 0 Å². The minimum atomic E-state index is -0.0649. The molecule has 4 heteroatoms. The van der Waals surface area contributed by atoms with Gasteiger partial charge in [-0.05, 0) is 32.4 Å². The van der Waals surface area contributed by atoms with Crippen LogP contribution < -0.4 is 15.5 Å². The molecule has 1 saturated heterocycles. The normalized spacial score (nSPS) is 19.1. The van der Waals surface area contributed by atoms with Crippen LogP contribution in [0, 0.1) is 0 Å². The van der Waals surface area contributed by atoms with Crippen LogP contribution in [0.4, 0.5) is 10.5 Å². The van der Waals surface area contributed by atoms with Crippen LogP contribution in [0.5, 0.6) is 0 Å². The molecule has 2 N–H and O–H groups in total. The molecule has 2 rings (SSSR count). The first-order chi connectivity index (χ1) is 8.65. The maximum atomic E-state index is 11.6. The van der Waals surface area contributed by atoms with E-state index < -0.39 is 0 Å². The lowest BCUT2D eigenvalue weighted by Crippen LogP contribution is -2.45. The van der Waals surface area contributed by atoms with E-state index in [-0.39, 0.29) is 18.1 Å². The van der Waals surface area contributed by atoms with Crippen LogP contribution >= 0.6 is 0 Å². The second-order valence-corrected chi connectivity index (χ2v) is 5.04. The van der Waals surface area contributed by atoms with Crippen LogP contribution in [0.25, 0.3) is 0 Å². The van der Waals surface area contributed by atoms with Gasteiger partial charge in [-0.25, -0.2) is 4.79 Å². The molecule has 0 radical (unpaired) electrons. The third-order valence-electron chi connectivity index (χ3n) is 3.06. The smallest absolute Gasteiger partial charge is 0.315 e. The molecule has 0 spiro atoms. The van der Waals surface area contributed by atoms with Crippen molar-refractivity contribution in [1.29, 1.82) is 0 Å². The Kier molecular flexibility index (Phi) is 4.07. The molecule has 0 bridgehead atoms. The Bertz CT molecular complexity index is 391. The van der Waals surface area contributed by atoms with Gasteiger partial charge in [-0.2, -0.15) is 0 Å². The van der Waals surface area contributed by atoms with Gasteiger partial charge in [0.25, 0.3) is 0 Å². The van der Waals surface area contributed by atoms with E-state index in [1.54, 1.807) is 0 Å². The van der Waals surface area contributed by atoms with Crippen molar-refractivity contribution in [2.24, 2.45) is 0 Å². The molecule has 0 aliphatic carbocycles. The Morgan fingerprint density at radius 2 is 2.06 bits per heavy atom. The zero-order valence-corrected chi connectivity index (χ0v) is 11.0. The molecule has 1 aliphatic heterocycles. The lowest BCUT2D eigenvalue weighted by molar-refractivity contribution is 0.235. The van der Waals surface area contributed by atoms with Gasteiger partial charge in [0.15, 0.2) is 0 Å². The van der Waals surface area contributed by atoms with Crippen LogP contribution in [0.15, 0.2) is 30.3 Å². The predicted octanol–water partition coefficient (Wildman–Crippen LogP) is 1.97. The van der Waals surface area contributed by atoms with Crippen LogP contribution in [-0.2, 0) is 0 Å². The number of nitrogens with zero attached hydrogens (tertiary/aromatic N) is 1. The van der Waals surface area contributed by atoms with E-state index in [0.717, 1.165) is 19.5 Å². The maximum Gasteiger partial charge on any atom is 0.315 e. The number of anilines is 1. The number of carbonyl (C=O) groups excluding carboxylic acids is 1. The molecular formula is C14H21N3O. The van der Waals surface area contributed by atoms with Crippen molar-refractivity contribution in [1.82, 2.24) is 10.6 Å². The predicted molar refractivity (Wildman–Crippen MR) is 73.9 cm³/mol. The van der Waals surface area contributed by atoms with Gasteiger partial charge in [0, 0.05) is 30.9 Å². The number of para-hydroxylation sites is 1. The Labute approximate surface area is 108 Å². The monoisotopic (exact) mass is 247 g/mol. The van der Waals surface area contributed by atoms with Crippen molar-refractivity contribution in [3.05, 3.63) is 30.3 Å². The highest BCUT2D eigenvalue weighted by molar-refractivity contribution is 5.74. The summed E-state index contributed by atoms with van der Waals surface area (Å²) in [5.41, 5.74) is 1.23. The molecule has 0 saturated carbocycles. The van der Waals surface area contributed by atoms with Gasteiger partial charge in [0.2, 0.25) is 0 Å². The average molecular weight is 247 g/mol. The first-order valence-electron chi connectivity index (χ1n) is 6.52. The van der Waals surface area contributed by atoms with E-state index in [1.165, 1.54) is 5.69 Å². The molecule has 1 atom stereocenters. The summed E-state index contributed by atoms with van der Waals surface area (Å²) in [6, 6.07) is 10.7. The number of hydrogen-bond acceptors (Lipinski definition) is 2. The van der Waals surface area contributed by atoms with E-state index in [9.17, 15) is 4.79 Å². The van der Waals surface area contributed by atoms with Crippen LogP contribution in [0.2, 0.25) is 0 Å². The minimum absolute atomic E-state index is 0.0649. The lowest BCUT2D eigenvalue weighted by atomic mass is 10.3. The van der Waals surface area contributed by atoms with Crippen LogP contribution in [0.3, 0.4) is 0 Å². The maximum absolute atomic E-state index is 11.6. The van der Waals surface area contributed by atoms with Gasteiger partial charge in [0.05, 0.1) is 0 Å². The summed E-state index contributed by atoms with van der Waals surface area (Å²) in [5.74, 6) is 0. The van der Waals surface area contributed by atoms with E-state index in [1.807, 2.05) is 32.0 Å². The zero-order valence-electron chi connectivity index (χ0n) is 11.0. The largest absolute Gasteiger partial charge is 0.369 e. The molecule has 2 amide bonds. The minimum Gasteiger partial charge on any atom is -0.369 e. The second-order valence-electron chi connectivity index (χ2n) is 5.04. The molecule has 0 unspecified atom stereocenters. The molecule has 1 aliphatic rings. The quantitative estimate of drug-likeness (QED) is 0.857. The lowest BCUT2D eigenvalue weighted by Gasteiger charge is -2.19. The number of carbonyl (C=O) groups is 1. The van der Waals surface area contributed by atoms with Crippen molar-refractivity contribution in [2.75, 3.05) is 18.0 Å². The van der Waals surface area contributed by atoms with E-state index in [0.29, 0.717) is 0 Å². The summed E-state index contributed by atoms with van der Waals surface area (Å²) in [6.45, 7) is 5.81. The molecule has 1 heterocycles. The summed E-state index contributed by atoms with van der Waals surface area (Å²) in [5, 5.41) is 5.87. The fourth-order valence-electron chi connectivity index (χ4n) is 2.24. The number of urea groups is 1. The van der Waals surface area contributed by atoms with Gasteiger partial charge in [0.1, 0.15) is 0 Å². The number of amides is 2. The Morgan fingerprint density at radius 1 is 1.33 bits per heavy atom. The van der Waals surface area contributed by atoms with Crippen LogP contribution in [-0.4, -0.2) is 31.2 Å². The van der Waals surface area contributed by atoms with Gasteiger partial charge in [-0.3, -0.25) is 0 Å². The molecule has 4 nitrogen and oxygen atoms in total. The average Bonchev–Trinajstić information content (AvgIpc) is 2.77. The second kappa shape index (κ2) is 5.76. The summed E-state index contributed by atoms with van der Waals surface area (Å²) in [4.78, 5) is 13.9. The zero-order chi connectivity index (χ0) is 13.0.